The molecule has 0 bridgehead atoms. The molecule has 0 heterocycles. The highest BCUT2D eigenvalue weighted by molar-refractivity contribution is 6.70. The molecule has 0 aliphatic rings. The summed E-state index contributed by atoms with van der Waals surface area (Å²) in [5.74, 6) is 0.734. The second-order valence-electron chi connectivity index (χ2n) is 5.04. The summed E-state index contributed by atoms with van der Waals surface area (Å²) < 4.78 is 6.04. The molecule has 0 spiro atoms. The van der Waals surface area contributed by atoms with Crippen LogP contribution in [0.5, 0.6) is 5.75 Å². The summed E-state index contributed by atoms with van der Waals surface area (Å²) in [4.78, 5) is 11.1. The Bertz CT molecular complexity index is 556. The molecule has 0 amide bonds. The van der Waals surface area contributed by atoms with Crippen LogP contribution in [0.1, 0.15) is 10.4 Å². The van der Waals surface area contributed by atoms with E-state index >= 15 is 0 Å². The van der Waals surface area contributed by atoms with Gasteiger partial charge >= 0.3 is 0 Å². The van der Waals surface area contributed by atoms with Crippen LogP contribution in [0.25, 0.3) is 10.8 Å². The van der Waals surface area contributed by atoms with Gasteiger partial charge in [-0.2, -0.15) is 0 Å². The Labute approximate surface area is 102 Å². The molecule has 0 radical (unpaired) electrons. The molecule has 0 aliphatic heterocycles. The van der Waals surface area contributed by atoms with Crippen molar-refractivity contribution in [2.45, 2.75) is 19.6 Å². The first-order valence-electron chi connectivity index (χ1n) is 5.67. The molecule has 0 aliphatic carbocycles. The SMILES string of the molecule is C[Si](C)(C)Oc1c(C=O)ccc2ccccc12. The zero-order valence-corrected chi connectivity index (χ0v) is 11.4. The lowest BCUT2D eigenvalue weighted by atomic mass is 10.1. The van der Waals surface area contributed by atoms with E-state index in [0.717, 1.165) is 22.8 Å². The predicted octanol–water partition coefficient (Wildman–Crippen LogP) is 3.87. The molecule has 2 nitrogen and oxygen atoms in total. The van der Waals surface area contributed by atoms with Gasteiger partial charge < -0.3 is 4.43 Å². The van der Waals surface area contributed by atoms with Gasteiger partial charge in [-0.3, -0.25) is 4.79 Å². The topological polar surface area (TPSA) is 26.3 Å². The van der Waals surface area contributed by atoms with Gasteiger partial charge in [0.2, 0.25) is 8.32 Å². The molecule has 2 aromatic carbocycles. The van der Waals surface area contributed by atoms with E-state index in [1.165, 1.54) is 0 Å². The molecule has 0 atom stereocenters. The van der Waals surface area contributed by atoms with Crippen molar-refractivity contribution in [3.63, 3.8) is 0 Å². The standard InChI is InChI=1S/C14H16O2Si/c1-17(2,3)16-14-12(10-15)9-8-11-6-4-5-7-13(11)14/h4-10H,1-3H3. The van der Waals surface area contributed by atoms with E-state index in [0.29, 0.717) is 5.56 Å². The molecule has 0 unspecified atom stereocenters. The Balaban J connectivity index is 2.67. The molecule has 88 valence electrons. The first kappa shape index (κ1) is 11.9. The number of rotatable bonds is 3. The number of fused-ring (bicyclic) bond motifs is 1. The minimum Gasteiger partial charge on any atom is -0.543 e. The minimum atomic E-state index is -1.72. The summed E-state index contributed by atoms with van der Waals surface area (Å²) in [6.07, 6.45) is 0.863. The maximum absolute atomic E-state index is 11.1. The Morgan fingerprint density at radius 2 is 1.76 bits per heavy atom. The van der Waals surface area contributed by atoms with Crippen LogP contribution < -0.4 is 4.43 Å². The molecule has 0 N–H and O–H groups in total. The zero-order valence-electron chi connectivity index (χ0n) is 10.4. The van der Waals surface area contributed by atoms with Gasteiger partial charge in [0.25, 0.3) is 0 Å². The van der Waals surface area contributed by atoms with Crippen LogP contribution >= 0.6 is 0 Å². The molecule has 0 fully saturated rings. The van der Waals surface area contributed by atoms with Crippen LogP contribution in [0.2, 0.25) is 19.6 Å². The van der Waals surface area contributed by atoms with Gasteiger partial charge in [-0.25, -0.2) is 0 Å². The number of hydrogen-bond acceptors (Lipinski definition) is 2. The van der Waals surface area contributed by atoms with Gasteiger partial charge in [0.1, 0.15) is 5.75 Å². The van der Waals surface area contributed by atoms with Gasteiger partial charge in [0.05, 0.1) is 5.56 Å². The van der Waals surface area contributed by atoms with E-state index in [9.17, 15) is 4.79 Å². The third-order valence-corrected chi connectivity index (χ3v) is 3.26. The average Bonchev–Trinajstić information content (AvgIpc) is 2.28. The molecule has 2 rings (SSSR count). The number of benzene rings is 2. The van der Waals surface area contributed by atoms with E-state index in [1.807, 2.05) is 36.4 Å². The van der Waals surface area contributed by atoms with E-state index in [2.05, 4.69) is 19.6 Å². The summed E-state index contributed by atoms with van der Waals surface area (Å²) in [6, 6.07) is 11.8. The molecule has 0 aromatic heterocycles. The van der Waals surface area contributed by atoms with Crippen LogP contribution in [-0.4, -0.2) is 14.6 Å². The first-order chi connectivity index (χ1) is 8.01. The lowest BCUT2D eigenvalue weighted by molar-refractivity contribution is 0.112. The summed E-state index contributed by atoms with van der Waals surface area (Å²) in [6.45, 7) is 6.34. The third-order valence-electron chi connectivity index (χ3n) is 2.45. The Morgan fingerprint density at radius 1 is 1.06 bits per heavy atom. The lowest BCUT2D eigenvalue weighted by Crippen LogP contribution is -2.29. The van der Waals surface area contributed by atoms with Crippen LogP contribution in [0.15, 0.2) is 36.4 Å². The number of carbonyl (C=O) groups excluding carboxylic acids is 1. The number of hydrogen-bond donors (Lipinski definition) is 0. The third kappa shape index (κ3) is 2.56. The predicted molar refractivity (Wildman–Crippen MR) is 73.3 cm³/mol. The van der Waals surface area contributed by atoms with Gasteiger partial charge in [-0.05, 0) is 31.1 Å². The molecule has 0 saturated carbocycles. The zero-order chi connectivity index (χ0) is 12.5. The number of carbonyl (C=O) groups is 1. The molecular formula is C14H16O2Si. The fourth-order valence-electron chi connectivity index (χ4n) is 1.77. The lowest BCUT2D eigenvalue weighted by Gasteiger charge is -2.22. The molecular weight excluding hydrogens is 228 g/mol. The summed E-state index contributed by atoms with van der Waals surface area (Å²) in [5, 5.41) is 2.12. The maximum Gasteiger partial charge on any atom is 0.242 e. The van der Waals surface area contributed by atoms with Crippen LogP contribution in [0, 0.1) is 0 Å². The number of aldehydes is 1. The van der Waals surface area contributed by atoms with Crippen molar-refractivity contribution in [2.24, 2.45) is 0 Å². The van der Waals surface area contributed by atoms with Crippen molar-refractivity contribution >= 4 is 25.4 Å². The van der Waals surface area contributed by atoms with Crippen LogP contribution in [0.4, 0.5) is 0 Å². The van der Waals surface area contributed by atoms with E-state index < -0.39 is 8.32 Å². The maximum atomic E-state index is 11.1. The fraction of sp³-hybridized carbons (Fsp3) is 0.214. The highest BCUT2D eigenvalue weighted by atomic mass is 28.4. The summed E-state index contributed by atoms with van der Waals surface area (Å²) in [7, 11) is -1.72. The monoisotopic (exact) mass is 244 g/mol. The second-order valence-corrected chi connectivity index (χ2v) is 9.47. The molecule has 17 heavy (non-hydrogen) atoms. The minimum absolute atomic E-state index is 0.631. The highest BCUT2D eigenvalue weighted by Gasteiger charge is 2.19. The molecule has 3 heteroatoms. The van der Waals surface area contributed by atoms with Gasteiger partial charge in [-0.15, -0.1) is 0 Å². The van der Waals surface area contributed by atoms with Crippen molar-refractivity contribution < 1.29 is 9.22 Å². The molecule has 0 saturated heterocycles. The van der Waals surface area contributed by atoms with Crippen molar-refractivity contribution in [3.05, 3.63) is 42.0 Å². The van der Waals surface area contributed by atoms with Crippen molar-refractivity contribution in [1.82, 2.24) is 0 Å². The Hall–Kier alpha value is -1.61. The van der Waals surface area contributed by atoms with Crippen molar-refractivity contribution in [1.29, 1.82) is 0 Å². The van der Waals surface area contributed by atoms with E-state index in [4.69, 9.17) is 4.43 Å². The average molecular weight is 244 g/mol. The van der Waals surface area contributed by atoms with Gasteiger partial charge in [-0.1, -0.05) is 30.3 Å². The van der Waals surface area contributed by atoms with E-state index in [-0.39, 0.29) is 0 Å². The normalized spacial score (nSPS) is 11.5. The Morgan fingerprint density at radius 3 is 2.41 bits per heavy atom. The van der Waals surface area contributed by atoms with Crippen LogP contribution in [-0.2, 0) is 0 Å². The van der Waals surface area contributed by atoms with Gasteiger partial charge in [0.15, 0.2) is 6.29 Å². The van der Waals surface area contributed by atoms with Gasteiger partial charge in [0, 0.05) is 5.39 Å². The largest absolute Gasteiger partial charge is 0.543 e. The Kier molecular flexibility index (Phi) is 3.02. The first-order valence-corrected chi connectivity index (χ1v) is 9.08. The second kappa shape index (κ2) is 4.34. The highest BCUT2D eigenvalue weighted by Crippen LogP contribution is 2.30. The fourth-order valence-corrected chi connectivity index (χ4v) is 2.61. The quantitative estimate of drug-likeness (QED) is 0.605. The van der Waals surface area contributed by atoms with Crippen molar-refractivity contribution in [2.75, 3.05) is 0 Å². The smallest absolute Gasteiger partial charge is 0.242 e. The van der Waals surface area contributed by atoms with Crippen LogP contribution in [0.3, 0.4) is 0 Å². The van der Waals surface area contributed by atoms with Crippen molar-refractivity contribution in [3.8, 4) is 5.75 Å². The van der Waals surface area contributed by atoms with E-state index in [1.54, 1.807) is 0 Å². The summed E-state index contributed by atoms with van der Waals surface area (Å²) >= 11 is 0. The summed E-state index contributed by atoms with van der Waals surface area (Å²) in [5.41, 5.74) is 0.631. The molecule has 2 aromatic rings.